The molecule has 1 fully saturated rings. The Morgan fingerprint density at radius 2 is 1.57 bits per heavy atom. The van der Waals surface area contributed by atoms with Gasteiger partial charge in [-0.05, 0) is 35.9 Å². The second-order valence-electron chi connectivity index (χ2n) is 7.09. The van der Waals surface area contributed by atoms with E-state index < -0.39 is 0 Å². The van der Waals surface area contributed by atoms with Crippen molar-refractivity contribution in [3.63, 3.8) is 0 Å². The Morgan fingerprint density at radius 1 is 0.867 bits per heavy atom. The van der Waals surface area contributed by atoms with Gasteiger partial charge in [-0.25, -0.2) is 0 Å². The molecule has 0 bridgehead atoms. The zero-order valence-corrected chi connectivity index (χ0v) is 18.3. The van der Waals surface area contributed by atoms with Crippen molar-refractivity contribution in [2.75, 3.05) is 24.5 Å². The van der Waals surface area contributed by atoms with E-state index in [0.717, 1.165) is 16.8 Å². The van der Waals surface area contributed by atoms with Gasteiger partial charge in [0.2, 0.25) is 0 Å². The molecule has 0 saturated carbocycles. The van der Waals surface area contributed by atoms with Crippen LogP contribution in [0.2, 0.25) is 15.1 Å². The Hall–Kier alpha value is -2.40. The van der Waals surface area contributed by atoms with Crippen molar-refractivity contribution in [1.29, 1.82) is 0 Å². The molecule has 1 aliphatic heterocycles. The number of rotatable bonds is 3. The molecule has 4 rings (SSSR count). The molecule has 1 atom stereocenters. The van der Waals surface area contributed by atoms with Crippen LogP contribution in [0.5, 0.6) is 0 Å². The first-order valence-corrected chi connectivity index (χ1v) is 10.7. The van der Waals surface area contributed by atoms with Gasteiger partial charge in [0.05, 0.1) is 16.8 Å². The standard InChI is InChI=1S/C23H20Cl3N3O/c24-18-8-6-16(7-9-18)22-15-28(23(27-30)17-4-2-1-3-5-17)12-13-29(22)21-11-10-19(25)14-20(21)26/h1-11,14,22,30H,12-13,15H2/b27-23-. The molecule has 0 spiro atoms. The third-order valence-corrected chi connectivity index (χ3v) is 6.07. The van der Waals surface area contributed by atoms with Gasteiger partial charge >= 0.3 is 0 Å². The molecular formula is C23H20Cl3N3O. The van der Waals surface area contributed by atoms with Crippen LogP contribution in [-0.2, 0) is 0 Å². The second kappa shape index (κ2) is 9.17. The lowest BCUT2D eigenvalue weighted by atomic mass is 10.0. The Labute approximate surface area is 190 Å². The van der Waals surface area contributed by atoms with Crippen LogP contribution in [0.4, 0.5) is 5.69 Å². The van der Waals surface area contributed by atoms with Crippen molar-refractivity contribution in [3.8, 4) is 0 Å². The number of hydrogen-bond donors (Lipinski definition) is 1. The lowest BCUT2D eigenvalue weighted by Crippen LogP contribution is -2.51. The number of amidine groups is 1. The predicted octanol–water partition coefficient (Wildman–Crippen LogP) is 6.35. The van der Waals surface area contributed by atoms with Gasteiger partial charge in [0.1, 0.15) is 0 Å². The Balaban J connectivity index is 1.70. The Kier molecular flexibility index (Phi) is 6.38. The van der Waals surface area contributed by atoms with Crippen LogP contribution in [-0.4, -0.2) is 35.6 Å². The summed E-state index contributed by atoms with van der Waals surface area (Å²) in [6.07, 6.45) is 0. The molecule has 1 heterocycles. The summed E-state index contributed by atoms with van der Waals surface area (Å²) in [6.45, 7) is 1.99. The maximum atomic E-state index is 9.76. The third kappa shape index (κ3) is 4.36. The van der Waals surface area contributed by atoms with Crippen LogP contribution in [0.3, 0.4) is 0 Å². The fraction of sp³-hybridized carbons (Fsp3) is 0.174. The molecule has 4 nitrogen and oxygen atoms in total. The number of nitrogens with zero attached hydrogens (tertiary/aromatic N) is 3. The van der Waals surface area contributed by atoms with Gasteiger partial charge < -0.3 is 15.0 Å². The Morgan fingerprint density at radius 3 is 2.23 bits per heavy atom. The molecule has 0 amide bonds. The molecule has 1 saturated heterocycles. The number of piperazine rings is 1. The van der Waals surface area contributed by atoms with Gasteiger partial charge in [-0.2, -0.15) is 0 Å². The molecule has 1 N–H and O–H groups in total. The molecule has 1 unspecified atom stereocenters. The van der Waals surface area contributed by atoms with Gasteiger partial charge in [-0.3, -0.25) is 0 Å². The fourth-order valence-electron chi connectivity index (χ4n) is 3.84. The van der Waals surface area contributed by atoms with E-state index in [1.165, 1.54) is 0 Å². The van der Waals surface area contributed by atoms with Crippen molar-refractivity contribution in [2.24, 2.45) is 5.16 Å². The summed E-state index contributed by atoms with van der Waals surface area (Å²) in [5.41, 5.74) is 2.89. The van der Waals surface area contributed by atoms with E-state index in [2.05, 4.69) is 15.0 Å². The Bertz CT molecular complexity index is 1040. The summed E-state index contributed by atoms with van der Waals surface area (Å²) < 4.78 is 0. The van der Waals surface area contributed by atoms with Crippen LogP contribution in [0.25, 0.3) is 0 Å². The average Bonchev–Trinajstić information content (AvgIpc) is 2.76. The molecule has 0 radical (unpaired) electrons. The van der Waals surface area contributed by atoms with Crippen LogP contribution in [0.1, 0.15) is 17.2 Å². The summed E-state index contributed by atoms with van der Waals surface area (Å²) in [5.74, 6) is 0.552. The van der Waals surface area contributed by atoms with Crippen LogP contribution in [0, 0.1) is 0 Å². The van der Waals surface area contributed by atoms with Crippen molar-refractivity contribution >= 4 is 46.3 Å². The lowest BCUT2D eigenvalue weighted by Gasteiger charge is -2.44. The van der Waals surface area contributed by atoms with E-state index in [-0.39, 0.29) is 6.04 Å². The highest BCUT2D eigenvalue weighted by Gasteiger charge is 2.31. The van der Waals surface area contributed by atoms with E-state index in [9.17, 15) is 5.21 Å². The van der Waals surface area contributed by atoms with Gasteiger partial charge in [0.15, 0.2) is 5.84 Å². The van der Waals surface area contributed by atoms with Crippen LogP contribution >= 0.6 is 34.8 Å². The highest BCUT2D eigenvalue weighted by Crippen LogP contribution is 2.37. The van der Waals surface area contributed by atoms with Crippen molar-refractivity contribution in [2.45, 2.75) is 6.04 Å². The van der Waals surface area contributed by atoms with Gasteiger partial charge in [-0.15, -0.1) is 0 Å². The van der Waals surface area contributed by atoms with E-state index in [4.69, 9.17) is 34.8 Å². The minimum atomic E-state index is -0.0184. The maximum Gasteiger partial charge on any atom is 0.175 e. The highest BCUT2D eigenvalue weighted by molar-refractivity contribution is 6.36. The third-order valence-electron chi connectivity index (χ3n) is 5.28. The fourth-order valence-corrected chi connectivity index (χ4v) is 4.48. The minimum absolute atomic E-state index is 0.0184. The number of halogens is 3. The van der Waals surface area contributed by atoms with Crippen molar-refractivity contribution in [3.05, 3.63) is 99.0 Å². The van der Waals surface area contributed by atoms with E-state index >= 15 is 0 Å². The smallest absolute Gasteiger partial charge is 0.175 e. The van der Waals surface area contributed by atoms with E-state index in [0.29, 0.717) is 40.5 Å². The van der Waals surface area contributed by atoms with Gasteiger partial charge in [0.25, 0.3) is 0 Å². The number of oxime groups is 1. The summed E-state index contributed by atoms with van der Waals surface area (Å²) in [5, 5.41) is 15.3. The van der Waals surface area contributed by atoms with Gasteiger partial charge in [0, 0.05) is 35.2 Å². The topological polar surface area (TPSA) is 39.1 Å². The molecule has 3 aromatic rings. The zero-order chi connectivity index (χ0) is 21.1. The summed E-state index contributed by atoms with van der Waals surface area (Å²) in [7, 11) is 0. The molecule has 154 valence electrons. The number of hydrogen-bond acceptors (Lipinski definition) is 3. The van der Waals surface area contributed by atoms with Gasteiger partial charge in [-0.1, -0.05) is 82.4 Å². The first-order chi connectivity index (χ1) is 14.6. The van der Waals surface area contributed by atoms with E-state index in [1.807, 2.05) is 66.7 Å². The largest absolute Gasteiger partial charge is 0.409 e. The monoisotopic (exact) mass is 459 g/mol. The van der Waals surface area contributed by atoms with E-state index in [1.54, 1.807) is 6.07 Å². The van der Waals surface area contributed by atoms with Crippen LogP contribution < -0.4 is 4.90 Å². The normalized spacial score (nSPS) is 17.3. The maximum absolute atomic E-state index is 9.76. The second-order valence-corrected chi connectivity index (χ2v) is 8.37. The molecule has 3 aromatic carbocycles. The summed E-state index contributed by atoms with van der Waals surface area (Å²) in [6, 6.07) is 23.0. The number of anilines is 1. The highest BCUT2D eigenvalue weighted by atomic mass is 35.5. The summed E-state index contributed by atoms with van der Waals surface area (Å²) >= 11 is 18.8. The predicted molar refractivity (Wildman–Crippen MR) is 124 cm³/mol. The molecule has 1 aliphatic rings. The summed E-state index contributed by atoms with van der Waals surface area (Å²) in [4.78, 5) is 4.35. The molecule has 7 heteroatoms. The lowest BCUT2D eigenvalue weighted by molar-refractivity contribution is 0.282. The molecule has 0 aliphatic carbocycles. The van der Waals surface area contributed by atoms with Crippen LogP contribution in [0.15, 0.2) is 78.0 Å². The van der Waals surface area contributed by atoms with Crippen molar-refractivity contribution in [1.82, 2.24) is 4.90 Å². The molecule has 0 aromatic heterocycles. The molecule has 30 heavy (non-hydrogen) atoms. The first-order valence-electron chi connectivity index (χ1n) is 9.56. The quantitative estimate of drug-likeness (QED) is 0.214. The minimum Gasteiger partial charge on any atom is -0.409 e. The average molecular weight is 461 g/mol. The first kappa shape index (κ1) is 20.9. The SMILES string of the molecule is O/N=C(/c1ccccc1)N1CCN(c2ccc(Cl)cc2Cl)C(c2ccc(Cl)cc2)C1. The molecular weight excluding hydrogens is 441 g/mol. The number of benzene rings is 3. The van der Waals surface area contributed by atoms with Crippen molar-refractivity contribution < 1.29 is 5.21 Å². The zero-order valence-electron chi connectivity index (χ0n) is 16.0.